The monoisotopic (exact) mass is 373 g/mol. The summed E-state index contributed by atoms with van der Waals surface area (Å²) in [5.41, 5.74) is 2.98. The number of carbonyl (C=O) groups is 3. The van der Waals surface area contributed by atoms with E-state index in [0.29, 0.717) is 11.3 Å². The molecule has 27 heavy (non-hydrogen) atoms. The van der Waals surface area contributed by atoms with E-state index in [4.69, 9.17) is 4.74 Å². The van der Waals surface area contributed by atoms with Gasteiger partial charge in [-0.15, -0.1) is 0 Å². The number of hydrazone groups is 1. The van der Waals surface area contributed by atoms with E-state index in [1.165, 1.54) is 25.5 Å². The van der Waals surface area contributed by atoms with E-state index in [2.05, 4.69) is 20.6 Å². The number of hydrogen-bond donors (Lipinski definition) is 2. The van der Waals surface area contributed by atoms with Crippen molar-refractivity contribution >= 4 is 29.7 Å². The number of carbonyl (C=O) groups excluding carboxylic acids is 3. The summed E-state index contributed by atoms with van der Waals surface area (Å²) in [4.78, 5) is 34.3. The Hall–Kier alpha value is -3.75. The summed E-state index contributed by atoms with van der Waals surface area (Å²) in [7, 11) is 1.26. The SMILES string of the molecule is COC(=O)COc1ccc(/C=N\NC(=O)C(=O)Nc2ccc(F)cc2)cc1. The zero-order chi connectivity index (χ0) is 19.6. The number of halogens is 1. The van der Waals surface area contributed by atoms with Crippen LogP contribution in [0.25, 0.3) is 0 Å². The zero-order valence-electron chi connectivity index (χ0n) is 14.3. The molecule has 0 spiro atoms. The fourth-order valence-corrected chi connectivity index (χ4v) is 1.79. The lowest BCUT2D eigenvalue weighted by Gasteiger charge is -2.05. The van der Waals surface area contributed by atoms with Crippen molar-refractivity contribution in [3.8, 4) is 5.75 Å². The number of nitrogens with zero attached hydrogens (tertiary/aromatic N) is 1. The van der Waals surface area contributed by atoms with E-state index >= 15 is 0 Å². The summed E-state index contributed by atoms with van der Waals surface area (Å²) < 4.78 is 22.4. The minimum Gasteiger partial charge on any atom is -0.482 e. The molecule has 0 aliphatic carbocycles. The van der Waals surface area contributed by atoms with E-state index < -0.39 is 23.6 Å². The van der Waals surface area contributed by atoms with Crippen molar-refractivity contribution < 1.29 is 28.2 Å². The fourth-order valence-electron chi connectivity index (χ4n) is 1.79. The van der Waals surface area contributed by atoms with Gasteiger partial charge in [0.05, 0.1) is 13.3 Å². The van der Waals surface area contributed by atoms with Gasteiger partial charge in [0, 0.05) is 5.69 Å². The molecule has 9 heteroatoms. The third-order valence-corrected chi connectivity index (χ3v) is 3.15. The quantitative estimate of drug-likeness (QED) is 0.345. The van der Waals surface area contributed by atoms with Gasteiger partial charge >= 0.3 is 17.8 Å². The van der Waals surface area contributed by atoms with Gasteiger partial charge in [-0.2, -0.15) is 5.10 Å². The number of ether oxygens (including phenoxy) is 2. The smallest absolute Gasteiger partial charge is 0.343 e. The predicted molar refractivity (Wildman–Crippen MR) is 94.7 cm³/mol. The van der Waals surface area contributed by atoms with Crippen LogP contribution in [0.15, 0.2) is 53.6 Å². The van der Waals surface area contributed by atoms with Gasteiger partial charge in [0.2, 0.25) is 0 Å². The number of amides is 2. The Morgan fingerprint density at radius 3 is 2.33 bits per heavy atom. The highest BCUT2D eigenvalue weighted by atomic mass is 19.1. The van der Waals surface area contributed by atoms with Crippen LogP contribution in [-0.2, 0) is 19.1 Å². The van der Waals surface area contributed by atoms with Crippen molar-refractivity contribution in [2.75, 3.05) is 19.0 Å². The van der Waals surface area contributed by atoms with Crippen LogP contribution in [0.4, 0.5) is 10.1 Å². The van der Waals surface area contributed by atoms with Gasteiger partial charge in [-0.3, -0.25) is 9.59 Å². The van der Waals surface area contributed by atoms with Gasteiger partial charge < -0.3 is 14.8 Å². The molecule has 2 rings (SSSR count). The molecule has 2 amide bonds. The van der Waals surface area contributed by atoms with E-state index in [1.807, 2.05) is 0 Å². The first-order valence-electron chi connectivity index (χ1n) is 7.67. The van der Waals surface area contributed by atoms with Gasteiger partial charge in [0.25, 0.3) is 0 Å². The first-order valence-corrected chi connectivity index (χ1v) is 7.67. The molecule has 0 heterocycles. The molecule has 0 aliphatic rings. The number of esters is 1. The van der Waals surface area contributed by atoms with Crippen molar-refractivity contribution in [2.45, 2.75) is 0 Å². The first-order chi connectivity index (χ1) is 13.0. The average molecular weight is 373 g/mol. The maximum atomic E-state index is 12.8. The van der Waals surface area contributed by atoms with Gasteiger partial charge in [-0.05, 0) is 54.1 Å². The van der Waals surface area contributed by atoms with Crippen LogP contribution in [0, 0.1) is 5.82 Å². The molecule has 0 fully saturated rings. The molecular formula is C18H16FN3O5. The van der Waals surface area contributed by atoms with Gasteiger partial charge in [-0.25, -0.2) is 14.6 Å². The summed E-state index contributed by atoms with van der Waals surface area (Å²) in [6.07, 6.45) is 1.33. The van der Waals surface area contributed by atoms with Crippen molar-refractivity contribution in [1.29, 1.82) is 0 Å². The Balaban J connectivity index is 1.81. The second-order valence-electron chi connectivity index (χ2n) is 5.09. The lowest BCUT2D eigenvalue weighted by molar-refractivity contribution is -0.142. The summed E-state index contributed by atoms with van der Waals surface area (Å²) >= 11 is 0. The van der Waals surface area contributed by atoms with Crippen LogP contribution in [0.5, 0.6) is 5.75 Å². The summed E-state index contributed by atoms with van der Waals surface area (Å²) in [5, 5.41) is 5.98. The molecule has 0 saturated carbocycles. The maximum absolute atomic E-state index is 12.8. The highest BCUT2D eigenvalue weighted by Gasteiger charge is 2.12. The number of hydrogen-bond acceptors (Lipinski definition) is 6. The van der Waals surface area contributed by atoms with E-state index in [1.54, 1.807) is 24.3 Å². The van der Waals surface area contributed by atoms with E-state index in [0.717, 1.165) is 12.1 Å². The van der Waals surface area contributed by atoms with E-state index in [-0.39, 0.29) is 12.3 Å². The molecule has 140 valence electrons. The molecule has 0 saturated heterocycles. The van der Waals surface area contributed by atoms with Crippen LogP contribution >= 0.6 is 0 Å². The van der Waals surface area contributed by atoms with Gasteiger partial charge in [0.1, 0.15) is 11.6 Å². The van der Waals surface area contributed by atoms with Crippen LogP contribution in [-0.4, -0.2) is 37.7 Å². The van der Waals surface area contributed by atoms with Crippen LogP contribution in [0.3, 0.4) is 0 Å². The Bertz CT molecular complexity index is 835. The van der Waals surface area contributed by atoms with Gasteiger partial charge in [-0.1, -0.05) is 0 Å². The van der Waals surface area contributed by atoms with Crippen LogP contribution < -0.4 is 15.5 Å². The average Bonchev–Trinajstić information content (AvgIpc) is 2.68. The molecule has 0 unspecified atom stereocenters. The Kier molecular flexibility index (Phi) is 7.00. The zero-order valence-corrected chi connectivity index (χ0v) is 14.3. The highest BCUT2D eigenvalue weighted by molar-refractivity contribution is 6.39. The topological polar surface area (TPSA) is 106 Å². The highest BCUT2D eigenvalue weighted by Crippen LogP contribution is 2.11. The fraction of sp³-hybridized carbons (Fsp3) is 0.111. The third kappa shape index (κ3) is 6.58. The molecular weight excluding hydrogens is 357 g/mol. The second-order valence-corrected chi connectivity index (χ2v) is 5.09. The van der Waals surface area contributed by atoms with Crippen molar-refractivity contribution in [2.24, 2.45) is 5.10 Å². The lowest BCUT2D eigenvalue weighted by Crippen LogP contribution is -2.32. The molecule has 2 N–H and O–H groups in total. The normalized spacial score (nSPS) is 10.3. The Morgan fingerprint density at radius 2 is 1.70 bits per heavy atom. The molecule has 2 aromatic rings. The molecule has 0 aliphatic heterocycles. The number of nitrogens with one attached hydrogen (secondary N) is 2. The maximum Gasteiger partial charge on any atom is 0.343 e. The number of benzene rings is 2. The lowest BCUT2D eigenvalue weighted by atomic mass is 10.2. The Labute approximate surface area is 154 Å². The molecule has 0 atom stereocenters. The summed E-state index contributed by atoms with van der Waals surface area (Å²) in [5.74, 6) is -2.41. The molecule has 0 aromatic heterocycles. The minimum absolute atomic E-state index is 0.205. The second kappa shape index (κ2) is 9.66. The summed E-state index contributed by atoms with van der Waals surface area (Å²) in [6, 6.07) is 11.5. The first kappa shape index (κ1) is 19.6. The molecule has 8 nitrogen and oxygen atoms in total. The van der Waals surface area contributed by atoms with Gasteiger partial charge in [0.15, 0.2) is 6.61 Å². The van der Waals surface area contributed by atoms with Crippen molar-refractivity contribution in [3.63, 3.8) is 0 Å². The van der Waals surface area contributed by atoms with Crippen LogP contribution in [0.1, 0.15) is 5.56 Å². The summed E-state index contributed by atoms with van der Waals surface area (Å²) in [6.45, 7) is -0.205. The molecule has 2 aromatic carbocycles. The molecule has 0 radical (unpaired) electrons. The third-order valence-electron chi connectivity index (χ3n) is 3.15. The van der Waals surface area contributed by atoms with E-state index in [9.17, 15) is 18.8 Å². The number of rotatable bonds is 6. The standard InChI is InChI=1S/C18H16FN3O5/c1-26-16(23)11-27-15-8-2-12(3-9-15)10-20-22-18(25)17(24)21-14-6-4-13(19)5-7-14/h2-10H,11H2,1H3,(H,21,24)(H,22,25)/b20-10-. The number of anilines is 1. The Morgan fingerprint density at radius 1 is 1.04 bits per heavy atom. The van der Waals surface area contributed by atoms with Crippen molar-refractivity contribution in [1.82, 2.24) is 5.43 Å². The predicted octanol–water partition coefficient (Wildman–Crippen LogP) is 1.47. The largest absolute Gasteiger partial charge is 0.482 e. The van der Waals surface area contributed by atoms with Crippen LogP contribution in [0.2, 0.25) is 0 Å². The van der Waals surface area contributed by atoms with Crippen molar-refractivity contribution in [3.05, 3.63) is 59.9 Å². The minimum atomic E-state index is -0.978. The molecule has 0 bridgehead atoms. The number of methoxy groups -OCH3 is 1.